The van der Waals surface area contributed by atoms with Gasteiger partial charge in [0.05, 0.1) is 10.7 Å². The number of nitrogens with zero attached hydrogens (tertiary/aromatic N) is 2. The smallest absolute Gasteiger partial charge is 0.135 e. The van der Waals surface area contributed by atoms with Crippen molar-refractivity contribution in [2.24, 2.45) is 0 Å². The van der Waals surface area contributed by atoms with Gasteiger partial charge in [-0.3, -0.25) is 0 Å². The molecule has 0 aliphatic heterocycles. The first-order valence-electron chi connectivity index (χ1n) is 6.20. The van der Waals surface area contributed by atoms with E-state index in [1.807, 2.05) is 25.1 Å². The lowest BCUT2D eigenvalue weighted by atomic mass is 10.2. The largest absolute Gasteiger partial charge is 0.339 e. The second-order valence-corrected chi connectivity index (χ2v) is 5.56. The topological polar surface area (TPSA) is 37.8 Å². The zero-order chi connectivity index (χ0) is 13.4. The first-order valence-corrected chi connectivity index (χ1v) is 6.95. The van der Waals surface area contributed by atoms with Crippen molar-refractivity contribution in [1.82, 2.24) is 9.97 Å². The fourth-order valence-corrected chi connectivity index (χ4v) is 2.40. The van der Waals surface area contributed by atoms with E-state index < -0.39 is 0 Å². The first kappa shape index (κ1) is 12.7. The molecule has 19 heavy (non-hydrogen) atoms. The highest BCUT2D eigenvalue weighted by Crippen LogP contribution is 2.39. The average Bonchev–Trinajstić information content (AvgIpc) is 3.17. The van der Waals surface area contributed by atoms with E-state index in [1.165, 1.54) is 0 Å². The number of anilines is 2. The highest BCUT2D eigenvalue weighted by molar-refractivity contribution is 6.33. The minimum atomic E-state index is 0.462. The van der Waals surface area contributed by atoms with E-state index in [2.05, 4.69) is 15.3 Å². The molecule has 1 aliphatic carbocycles. The van der Waals surface area contributed by atoms with Gasteiger partial charge in [-0.15, -0.1) is 0 Å². The maximum Gasteiger partial charge on any atom is 0.135 e. The van der Waals surface area contributed by atoms with E-state index in [1.54, 1.807) is 6.07 Å². The Bertz CT molecular complexity index is 604. The molecule has 0 radical (unpaired) electrons. The predicted molar refractivity (Wildman–Crippen MR) is 78.5 cm³/mol. The summed E-state index contributed by atoms with van der Waals surface area (Å²) in [5.41, 5.74) is 1.93. The zero-order valence-corrected chi connectivity index (χ0v) is 12.0. The second kappa shape index (κ2) is 4.99. The Morgan fingerprint density at radius 2 is 2.00 bits per heavy atom. The van der Waals surface area contributed by atoms with Crippen LogP contribution >= 0.6 is 23.2 Å². The van der Waals surface area contributed by atoms with Crippen LogP contribution in [0.3, 0.4) is 0 Å². The average molecular weight is 294 g/mol. The van der Waals surface area contributed by atoms with Crippen LogP contribution in [0.25, 0.3) is 0 Å². The third kappa shape index (κ3) is 2.82. The Morgan fingerprint density at radius 3 is 2.68 bits per heavy atom. The second-order valence-electron chi connectivity index (χ2n) is 4.77. The maximum atomic E-state index is 6.19. The van der Waals surface area contributed by atoms with Gasteiger partial charge in [0.1, 0.15) is 16.8 Å². The SMILES string of the molecule is Cc1cccc(Cl)c1Nc1cc(Cl)nc(C2CC2)n1. The van der Waals surface area contributed by atoms with Crippen LogP contribution in [-0.4, -0.2) is 9.97 Å². The standard InChI is InChI=1S/C14H13Cl2N3/c1-8-3-2-4-10(15)13(8)18-12-7-11(16)17-14(19-12)9-5-6-9/h2-4,7,9H,5-6H2,1H3,(H,17,18,19). The van der Waals surface area contributed by atoms with Gasteiger partial charge in [-0.1, -0.05) is 35.3 Å². The summed E-state index contributed by atoms with van der Waals surface area (Å²) in [4.78, 5) is 8.77. The minimum Gasteiger partial charge on any atom is -0.339 e. The number of benzene rings is 1. The summed E-state index contributed by atoms with van der Waals surface area (Å²) in [6.07, 6.45) is 2.29. The molecule has 2 aromatic rings. The molecule has 0 amide bonds. The molecule has 0 atom stereocenters. The van der Waals surface area contributed by atoms with Gasteiger partial charge < -0.3 is 5.32 Å². The van der Waals surface area contributed by atoms with E-state index in [-0.39, 0.29) is 0 Å². The molecule has 1 heterocycles. The van der Waals surface area contributed by atoms with Crippen LogP contribution in [0.2, 0.25) is 10.2 Å². The monoisotopic (exact) mass is 293 g/mol. The van der Waals surface area contributed by atoms with Crippen molar-refractivity contribution in [1.29, 1.82) is 0 Å². The summed E-state index contributed by atoms with van der Waals surface area (Å²) in [6.45, 7) is 2.00. The normalized spacial score (nSPS) is 14.5. The van der Waals surface area contributed by atoms with Gasteiger partial charge in [-0.25, -0.2) is 9.97 Å². The molecule has 0 bridgehead atoms. The molecule has 1 aromatic carbocycles. The Kier molecular flexibility index (Phi) is 3.33. The van der Waals surface area contributed by atoms with Crippen molar-refractivity contribution >= 4 is 34.7 Å². The molecule has 1 aromatic heterocycles. The van der Waals surface area contributed by atoms with Gasteiger partial charge in [0.25, 0.3) is 0 Å². The van der Waals surface area contributed by atoms with E-state index in [0.717, 1.165) is 29.9 Å². The summed E-state index contributed by atoms with van der Waals surface area (Å²) >= 11 is 12.2. The molecule has 0 saturated heterocycles. The molecule has 1 saturated carbocycles. The van der Waals surface area contributed by atoms with Gasteiger partial charge >= 0.3 is 0 Å². The van der Waals surface area contributed by atoms with Gasteiger partial charge in [0.15, 0.2) is 0 Å². The van der Waals surface area contributed by atoms with Crippen LogP contribution in [0.5, 0.6) is 0 Å². The highest BCUT2D eigenvalue weighted by Gasteiger charge is 2.27. The summed E-state index contributed by atoms with van der Waals surface area (Å²) in [5.74, 6) is 1.98. The van der Waals surface area contributed by atoms with Gasteiger partial charge in [-0.05, 0) is 31.4 Å². The Morgan fingerprint density at radius 1 is 1.21 bits per heavy atom. The zero-order valence-electron chi connectivity index (χ0n) is 10.5. The van der Waals surface area contributed by atoms with Gasteiger partial charge in [0.2, 0.25) is 0 Å². The fourth-order valence-electron chi connectivity index (χ4n) is 1.94. The molecule has 1 N–H and O–H groups in total. The van der Waals surface area contributed by atoms with Gasteiger partial charge in [0, 0.05) is 12.0 Å². The van der Waals surface area contributed by atoms with Crippen molar-refractivity contribution < 1.29 is 0 Å². The Balaban J connectivity index is 1.94. The van der Waals surface area contributed by atoms with Crippen molar-refractivity contribution in [3.63, 3.8) is 0 Å². The van der Waals surface area contributed by atoms with Crippen molar-refractivity contribution in [2.45, 2.75) is 25.7 Å². The lowest BCUT2D eigenvalue weighted by Gasteiger charge is -2.11. The first-order chi connectivity index (χ1) is 9.13. The fraction of sp³-hybridized carbons (Fsp3) is 0.286. The Labute approximate surface area is 122 Å². The van der Waals surface area contributed by atoms with Crippen LogP contribution < -0.4 is 5.32 Å². The summed E-state index contributed by atoms with van der Waals surface area (Å²) in [7, 11) is 0. The molecule has 1 aliphatic rings. The van der Waals surface area contributed by atoms with Gasteiger partial charge in [-0.2, -0.15) is 0 Å². The number of hydrogen-bond acceptors (Lipinski definition) is 3. The molecular weight excluding hydrogens is 281 g/mol. The minimum absolute atomic E-state index is 0.462. The number of halogens is 2. The molecule has 98 valence electrons. The quantitative estimate of drug-likeness (QED) is 0.833. The molecule has 1 fully saturated rings. The number of aryl methyl sites for hydroxylation is 1. The molecule has 3 rings (SSSR count). The third-order valence-corrected chi connectivity index (χ3v) is 3.64. The summed E-state index contributed by atoms with van der Waals surface area (Å²) < 4.78 is 0. The number of hydrogen-bond donors (Lipinski definition) is 1. The van der Waals surface area contributed by atoms with Crippen LogP contribution in [-0.2, 0) is 0 Å². The van der Waals surface area contributed by atoms with E-state index >= 15 is 0 Å². The van der Waals surface area contributed by atoms with Crippen LogP contribution in [0.15, 0.2) is 24.3 Å². The number of aromatic nitrogens is 2. The van der Waals surface area contributed by atoms with E-state index in [4.69, 9.17) is 23.2 Å². The Hall–Kier alpha value is -1.32. The highest BCUT2D eigenvalue weighted by atomic mass is 35.5. The summed E-state index contributed by atoms with van der Waals surface area (Å²) in [6, 6.07) is 7.49. The number of rotatable bonds is 3. The molecule has 0 unspecified atom stereocenters. The van der Waals surface area contributed by atoms with Crippen LogP contribution in [0.1, 0.15) is 30.1 Å². The summed E-state index contributed by atoms with van der Waals surface area (Å²) in [5, 5.41) is 4.37. The van der Waals surface area contributed by atoms with Crippen molar-refractivity contribution in [2.75, 3.05) is 5.32 Å². The molecular formula is C14H13Cl2N3. The van der Waals surface area contributed by atoms with Crippen molar-refractivity contribution in [3.8, 4) is 0 Å². The van der Waals surface area contributed by atoms with E-state index in [9.17, 15) is 0 Å². The lowest BCUT2D eigenvalue weighted by molar-refractivity contribution is 0.930. The molecule has 3 nitrogen and oxygen atoms in total. The number of para-hydroxylation sites is 1. The van der Waals surface area contributed by atoms with Crippen LogP contribution in [0, 0.1) is 6.92 Å². The van der Waals surface area contributed by atoms with Crippen LogP contribution in [0.4, 0.5) is 11.5 Å². The third-order valence-electron chi connectivity index (χ3n) is 3.13. The van der Waals surface area contributed by atoms with E-state index in [0.29, 0.717) is 21.9 Å². The predicted octanol–water partition coefficient (Wildman–Crippen LogP) is 4.71. The molecule has 5 heteroatoms. The molecule has 0 spiro atoms. The number of nitrogens with one attached hydrogen (secondary N) is 1. The van der Waals surface area contributed by atoms with Crippen molar-refractivity contribution in [3.05, 3.63) is 45.8 Å². The maximum absolute atomic E-state index is 6.19. The lowest BCUT2D eigenvalue weighted by Crippen LogP contribution is -2.01.